The van der Waals surface area contributed by atoms with Crippen LogP contribution >= 0.6 is 11.6 Å². The molecule has 1 aliphatic carbocycles. The van der Waals surface area contributed by atoms with E-state index in [1.54, 1.807) is 25.1 Å². The van der Waals surface area contributed by atoms with E-state index in [2.05, 4.69) is 5.32 Å². The number of aromatic hydroxyl groups is 1. The first kappa shape index (κ1) is 14.0. The molecular weight excluding hydrogens is 288 g/mol. The molecule has 3 rings (SSSR count). The van der Waals surface area contributed by atoms with Gasteiger partial charge in [0.2, 0.25) is 0 Å². The summed E-state index contributed by atoms with van der Waals surface area (Å²) in [5.41, 5.74) is 2.83. The summed E-state index contributed by atoms with van der Waals surface area (Å²) in [5.74, 6) is 0.0527. The summed E-state index contributed by atoms with van der Waals surface area (Å²) in [6.45, 7) is 3.65. The van der Waals surface area contributed by atoms with E-state index in [0.717, 1.165) is 24.0 Å². The van der Waals surface area contributed by atoms with Crippen molar-refractivity contribution in [3.05, 3.63) is 46.2 Å². The zero-order valence-corrected chi connectivity index (χ0v) is 12.7. The Morgan fingerprint density at radius 3 is 2.67 bits per heavy atom. The lowest BCUT2D eigenvalue weighted by atomic mass is 10.1. The fourth-order valence-corrected chi connectivity index (χ4v) is 2.61. The van der Waals surface area contributed by atoms with Crippen LogP contribution in [0.2, 0.25) is 5.02 Å². The molecule has 4 nitrogen and oxygen atoms in total. The molecule has 1 fully saturated rings. The number of amides is 1. The van der Waals surface area contributed by atoms with Crippen molar-refractivity contribution in [3.63, 3.8) is 0 Å². The molecule has 0 atom stereocenters. The average molecular weight is 305 g/mol. The number of carbonyl (C=O) groups excluding carboxylic acids is 1. The SMILES string of the molecule is Cc1cc(NC(=O)c2cc(Cl)cn2C2CC2)c(C)cc1O. The number of nitrogens with one attached hydrogen (secondary N) is 1. The molecule has 0 saturated heterocycles. The summed E-state index contributed by atoms with van der Waals surface area (Å²) in [7, 11) is 0. The van der Waals surface area contributed by atoms with Gasteiger partial charge in [-0.1, -0.05) is 11.6 Å². The zero-order valence-electron chi connectivity index (χ0n) is 12.0. The van der Waals surface area contributed by atoms with Crippen LogP contribution < -0.4 is 5.32 Å². The molecule has 2 aromatic rings. The second-order valence-corrected chi connectivity index (χ2v) is 6.03. The Balaban J connectivity index is 1.88. The molecule has 0 aliphatic heterocycles. The van der Waals surface area contributed by atoms with Crippen molar-refractivity contribution in [1.29, 1.82) is 0 Å². The van der Waals surface area contributed by atoms with Crippen LogP contribution in [-0.4, -0.2) is 15.6 Å². The highest BCUT2D eigenvalue weighted by Crippen LogP contribution is 2.37. The van der Waals surface area contributed by atoms with Gasteiger partial charge in [0.05, 0.1) is 5.02 Å². The normalized spacial score (nSPS) is 14.2. The predicted octanol–water partition coefficient (Wildman–Crippen LogP) is 4.05. The highest BCUT2D eigenvalue weighted by atomic mass is 35.5. The van der Waals surface area contributed by atoms with Crippen LogP contribution in [0.4, 0.5) is 5.69 Å². The standard InChI is InChI=1S/C16H17ClN2O2/c1-9-6-15(20)10(2)5-13(9)18-16(21)14-7-11(17)8-19(14)12-3-4-12/h5-8,12,20H,3-4H2,1-2H3,(H,18,21). The Labute approximate surface area is 128 Å². The fraction of sp³-hybridized carbons (Fsp3) is 0.312. The Morgan fingerprint density at radius 1 is 1.29 bits per heavy atom. The Bertz CT molecular complexity index is 717. The molecule has 1 aliphatic rings. The van der Waals surface area contributed by atoms with Gasteiger partial charge in [-0.25, -0.2) is 0 Å². The minimum atomic E-state index is -0.179. The van der Waals surface area contributed by atoms with Crippen LogP contribution in [0.3, 0.4) is 0 Å². The summed E-state index contributed by atoms with van der Waals surface area (Å²) in [4.78, 5) is 12.5. The largest absolute Gasteiger partial charge is 0.508 e. The highest BCUT2D eigenvalue weighted by molar-refractivity contribution is 6.31. The Hall–Kier alpha value is -1.94. The molecule has 1 aromatic carbocycles. The number of aromatic nitrogens is 1. The number of anilines is 1. The number of aryl methyl sites for hydroxylation is 2. The highest BCUT2D eigenvalue weighted by Gasteiger charge is 2.28. The molecular formula is C16H17ClN2O2. The molecule has 110 valence electrons. The summed E-state index contributed by atoms with van der Waals surface area (Å²) in [5, 5.41) is 13.1. The van der Waals surface area contributed by atoms with Gasteiger partial charge in [0, 0.05) is 17.9 Å². The molecule has 1 aromatic heterocycles. The van der Waals surface area contributed by atoms with E-state index >= 15 is 0 Å². The van der Waals surface area contributed by atoms with E-state index in [4.69, 9.17) is 11.6 Å². The number of phenolic OH excluding ortho intramolecular Hbond substituents is 1. The van der Waals surface area contributed by atoms with Crippen molar-refractivity contribution in [1.82, 2.24) is 4.57 Å². The van der Waals surface area contributed by atoms with Crippen LogP contribution in [-0.2, 0) is 0 Å². The predicted molar refractivity (Wildman–Crippen MR) is 83.2 cm³/mol. The summed E-state index contributed by atoms with van der Waals surface area (Å²) in [6, 6.07) is 5.51. The van der Waals surface area contributed by atoms with Gasteiger partial charge in [-0.3, -0.25) is 4.79 Å². The van der Waals surface area contributed by atoms with E-state index in [1.165, 1.54) is 0 Å². The molecule has 0 radical (unpaired) electrons. The van der Waals surface area contributed by atoms with Crippen LogP contribution in [0.5, 0.6) is 5.75 Å². The third kappa shape index (κ3) is 2.76. The first-order valence-electron chi connectivity index (χ1n) is 6.94. The molecule has 5 heteroatoms. The molecule has 1 amide bonds. The monoisotopic (exact) mass is 304 g/mol. The maximum absolute atomic E-state index is 12.5. The third-order valence-corrected chi connectivity index (χ3v) is 3.99. The number of benzene rings is 1. The fourth-order valence-electron chi connectivity index (χ4n) is 2.40. The van der Waals surface area contributed by atoms with Gasteiger partial charge >= 0.3 is 0 Å². The number of hydrogen-bond acceptors (Lipinski definition) is 2. The van der Waals surface area contributed by atoms with Gasteiger partial charge in [-0.2, -0.15) is 0 Å². The van der Waals surface area contributed by atoms with Crippen molar-refractivity contribution >= 4 is 23.2 Å². The van der Waals surface area contributed by atoms with Crippen LogP contribution in [0.1, 0.15) is 40.5 Å². The van der Waals surface area contributed by atoms with E-state index in [1.807, 2.05) is 17.7 Å². The molecule has 0 spiro atoms. The van der Waals surface area contributed by atoms with Gasteiger partial charge in [-0.05, 0) is 56.0 Å². The van der Waals surface area contributed by atoms with E-state index in [9.17, 15) is 9.90 Å². The number of rotatable bonds is 3. The summed E-state index contributed by atoms with van der Waals surface area (Å²) >= 11 is 6.03. The Kier molecular flexibility index (Phi) is 3.41. The molecule has 0 bridgehead atoms. The van der Waals surface area contributed by atoms with Crippen molar-refractivity contribution in [2.24, 2.45) is 0 Å². The van der Waals surface area contributed by atoms with Crippen molar-refractivity contribution in [2.75, 3.05) is 5.32 Å². The molecule has 0 unspecified atom stereocenters. The first-order chi connectivity index (χ1) is 9.95. The number of halogens is 1. The molecule has 1 saturated carbocycles. The van der Waals surface area contributed by atoms with Gasteiger partial charge < -0.3 is 15.0 Å². The quantitative estimate of drug-likeness (QED) is 0.840. The molecule has 1 heterocycles. The minimum Gasteiger partial charge on any atom is -0.508 e. The van der Waals surface area contributed by atoms with E-state index in [0.29, 0.717) is 22.4 Å². The van der Waals surface area contributed by atoms with Crippen LogP contribution in [0, 0.1) is 13.8 Å². The summed E-state index contributed by atoms with van der Waals surface area (Å²) in [6.07, 6.45) is 3.98. The third-order valence-electron chi connectivity index (χ3n) is 3.78. The first-order valence-corrected chi connectivity index (χ1v) is 7.32. The topological polar surface area (TPSA) is 54.3 Å². The van der Waals surface area contributed by atoms with Crippen molar-refractivity contribution in [3.8, 4) is 5.75 Å². The second-order valence-electron chi connectivity index (χ2n) is 5.59. The van der Waals surface area contributed by atoms with Gasteiger partial charge in [0.15, 0.2) is 0 Å². The van der Waals surface area contributed by atoms with E-state index in [-0.39, 0.29) is 11.7 Å². The maximum Gasteiger partial charge on any atom is 0.272 e. The lowest BCUT2D eigenvalue weighted by molar-refractivity contribution is 0.101. The zero-order chi connectivity index (χ0) is 15.1. The van der Waals surface area contributed by atoms with Gasteiger partial charge in [0.25, 0.3) is 5.91 Å². The van der Waals surface area contributed by atoms with E-state index < -0.39 is 0 Å². The lowest BCUT2D eigenvalue weighted by Crippen LogP contribution is -2.17. The van der Waals surface area contributed by atoms with Crippen LogP contribution in [0.15, 0.2) is 24.4 Å². The maximum atomic E-state index is 12.5. The second kappa shape index (κ2) is 5.11. The number of phenols is 1. The van der Waals surface area contributed by atoms with Gasteiger partial charge in [-0.15, -0.1) is 0 Å². The smallest absolute Gasteiger partial charge is 0.272 e. The summed E-state index contributed by atoms with van der Waals surface area (Å²) < 4.78 is 1.94. The minimum absolute atomic E-state index is 0.179. The van der Waals surface area contributed by atoms with Crippen molar-refractivity contribution in [2.45, 2.75) is 32.7 Å². The van der Waals surface area contributed by atoms with Crippen LogP contribution in [0.25, 0.3) is 0 Å². The van der Waals surface area contributed by atoms with Gasteiger partial charge in [0.1, 0.15) is 11.4 Å². The average Bonchev–Trinajstić information content (AvgIpc) is 3.18. The van der Waals surface area contributed by atoms with Crippen molar-refractivity contribution < 1.29 is 9.90 Å². The number of carbonyl (C=O) groups is 1. The molecule has 21 heavy (non-hydrogen) atoms. The molecule has 2 N–H and O–H groups in total. The number of nitrogens with zero attached hydrogens (tertiary/aromatic N) is 1. The Morgan fingerprint density at radius 2 is 2.00 bits per heavy atom. The lowest BCUT2D eigenvalue weighted by Gasteiger charge is -2.12. The number of hydrogen-bond donors (Lipinski definition) is 2.